The predicted octanol–water partition coefficient (Wildman–Crippen LogP) is 4.80. The van der Waals surface area contributed by atoms with Crippen LogP contribution in [0.4, 0.5) is 0 Å². The van der Waals surface area contributed by atoms with Gasteiger partial charge in [0, 0.05) is 0 Å². The maximum Gasteiger partial charge on any atom is 0.142 e. The Hall–Kier alpha value is -1.37. The largest absolute Gasteiger partial charge is 0.299 e. The highest BCUT2D eigenvalue weighted by molar-refractivity contribution is 5.64. The molecule has 1 nitrogen and oxygen atoms in total. The summed E-state index contributed by atoms with van der Waals surface area (Å²) in [6.45, 7) is 4.34. The van der Waals surface area contributed by atoms with Gasteiger partial charge in [-0.25, -0.2) is 0 Å². The van der Waals surface area contributed by atoms with Crippen LogP contribution in [0.15, 0.2) is 36.4 Å². The molecule has 0 fully saturated rings. The molecule has 1 aromatic rings. The maximum absolute atomic E-state index is 10.3. The normalized spacial score (nSPS) is 12.8. The standard InChI is InChI=1S/C17H24O/c1-3-4-5-8-16(9-6-7-14-18)17-12-10-15(2)11-13-17/h6-7,10-14,16H,3-5,8-9H2,1-2H3/b7-6+. The van der Waals surface area contributed by atoms with Crippen molar-refractivity contribution in [3.8, 4) is 0 Å². The zero-order valence-corrected chi connectivity index (χ0v) is 11.6. The van der Waals surface area contributed by atoms with E-state index in [9.17, 15) is 4.79 Å². The Kier molecular flexibility index (Phi) is 7.09. The highest BCUT2D eigenvalue weighted by Gasteiger charge is 2.09. The van der Waals surface area contributed by atoms with Crippen molar-refractivity contribution >= 4 is 6.29 Å². The van der Waals surface area contributed by atoms with Crippen molar-refractivity contribution in [3.05, 3.63) is 47.5 Å². The number of aldehydes is 1. The lowest BCUT2D eigenvalue weighted by Gasteiger charge is -2.15. The van der Waals surface area contributed by atoms with Crippen LogP contribution in [-0.2, 0) is 4.79 Å². The van der Waals surface area contributed by atoms with E-state index in [2.05, 4.69) is 38.1 Å². The molecule has 1 unspecified atom stereocenters. The first-order chi connectivity index (χ1) is 8.77. The Morgan fingerprint density at radius 1 is 1.17 bits per heavy atom. The minimum Gasteiger partial charge on any atom is -0.299 e. The predicted molar refractivity (Wildman–Crippen MR) is 77.9 cm³/mol. The third-order valence-corrected chi connectivity index (χ3v) is 3.34. The molecule has 0 radical (unpaired) electrons. The van der Waals surface area contributed by atoms with Crippen molar-refractivity contribution in [2.45, 2.75) is 51.9 Å². The average Bonchev–Trinajstić information content (AvgIpc) is 2.38. The van der Waals surface area contributed by atoms with E-state index in [4.69, 9.17) is 0 Å². The maximum atomic E-state index is 10.3. The fraction of sp³-hybridized carbons (Fsp3) is 0.471. The quantitative estimate of drug-likeness (QED) is 0.364. The van der Waals surface area contributed by atoms with Crippen molar-refractivity contribution in [3.63, 3.8) is 0 Å². The molecule has 0 aliphatic heterocycles. The molecule has 98 valence electrons. The van der Waals surface area contributed by atoms with Gasteiger partial charge in [-0.3, -0.25) is 4.79 Å². The first-order valence-electron chi connectivity index (χ1n) is 6.94. The molecule has 1 heteroatoms. The zero-order chi connectivity index (χ0) is 13.2. The summed E-state index contributed by atoms with van der Waals surface area (Å²) in [7, 11) is 0. The van der Waals surface area contributed by atoms with Crippen LogP contribution >= 0.6 is 0 Å². The molecule has 0 saturated carbocycles. The highest BCUT2D eigenvalue weighted by Crippen LogP contribution is 2.26. The Labute approximate surface area is 111 Å². The lowest BCUT2D eigenvalue weighted by Crippen LogP contribution is -1.98. The van der Waals surface area contributed by atoms with Crippen LogP contribution in [-0.4, -0.2) is 6.29 Å². The second kappa shape index (κ2) is 8.68. The number of unbranched alkanes of at least 4 members (excludes halogenated alkanes) is 2. The van der Waals surface area contributed by atoms with E-state index in [1.165, 1.54) is 36.8 Å². The van der Waals surface area contributed by atoms with E-state index >= 15 is 0 Å². The van der Waals surface area contributed by atoms with Gasteiger partial charge < -0.3 is 0 Å². The van der Waals surface area contributed by atoms with Gasteiger partial charge in [-0.15, -0.1) is 0 Å². The van der Waals surface area contributed by atoms with Crippen molar-refractivity contribution in [1.82, 2.24) is 0 Å². The van der Waals surface area contributed by atoms with Gasteiger partial charge >= 0.3 is 0 Å². The molecule has 0 heterocycles. The Morgan fingerprint density at radius 2 is 1.89 bits per heavy atom. The molecule has 0 bridgehead atoms. The van der Waals surface area contributed by atoms with Crippen molar-refractivity contribution in [2.75, 3.05) is 0 Å². The van der Waals surface area contributed by atoms with E-state index in [1.807, 2.05) is 6.08 Å². The summed E-state index contributed by atoms with van der Waals surface area (Å²) in [5, 5.41) is 0. The van der Waals surface area contributed by atoms with Crippen LogP contribution in [0, 0.1) is 6.92 Å². The smallest absolute Gasteiger partial charge is 0.142 e. The first kappa shape index (κ1) is 14.7. The number of carbonyl (C=O) groups is 1. The van der Waals surface area contributed by atoms with Gasteiger partial charge in [0.15, 0.2) is 0 Å². The summed E-state index contributed by atoms with van der Waals surface area (Å²) >= 11 is 0. The van der Waals surface area contributed by atoms with Crippen molar-refractivity contribution in [2.24, 2.45) is 0 Å². The molecule has 0 spiro atoms. The van der Waals surface area contributed by atoms with Crippen LogP contribution in [0.5, 0.6) is 0 Å². The first-order valence-corrected chi connectivity index (χ1v) is 6.94. The van der Waals surface area contributed by atoms with E-state index in [0.29, 0.717) is 5.92 Å². The third-order valence-electron chi connectivity index (χ3n) is 3.34. The fourth-order valence-electron chi connectivity index (χ4n) is 2.20. The molecule has 18 heavy (non-hydrogen) atoms. The van der Waals surface area contributed by atoms with Gasteiger partial charge in [0.1, 0.15) is 6.29 Å². The van der Waals surface area contributed by atoms with E-state index < -0.39 is 0 Å². The lowest BCUT2D eigenvalue weighted by atomic mass is 9.90. The number of benzene rings is 1. The van der Waals surface area contributed by atoms with E-state index in [-0.39, 0.29) is 0 Å². The van der Waals surface area contributed by atoms with Crippen molar-refractivity contribution in [1.29, 1.82) is 0 Å². The molecule has 0 aliphatic rings. The van der Waals surface area contributed by atoms with Gasteiger partial charge in [0.25, 0.3) is 0 Å². The number of carbonyl (C=O) groups excluding carboxylic acids is 1. The summed E-state index contributed by atoms with van der Waals surface area (Å²) in [6, 6.07) is 8.79. The molecular formula is C17H24O. The second-order valence-electron chi connectivity index (χ2n) is 4.90. The lowest BCUT2D eigenvalue weighted by molar-refractivity contribution is -0.104. The van der Waals surface area contributed by atoms with Crippen LogP contribution in [0.1, 0.15) is 56.1 Å². The van der Waals surface area contributed by atoms with Crippen molar-refractivity contribution < 1.29 is 4.79 Å². The summed E-state index contributed by atoms with van der Waals surface area (Å²) in [5.74, 6) is 0.549. The SMILES string of the molecule is CCCCCC(C/C=C/C=O)c1ccc(C)cc1. The van der Waals surface area contributed by atoms with Crippen LogP contribution in [0.2, 0.25) is 0 Å². The molecular weight excluding hydrogens is 220 g/mol. The minimum absolute atomic E-state index is 0.549. The summed E-state index contributed by atoms with van der Waals surface area (Å²) < 4.78 is 0. The zero-order valence-electron chi connectivity index (χ0n) is 11.6. The summed E-state index contributed by atoms with van der Waals surface area (Å²) in [4.78, 5) is 10.3. The molecule has 0 aliphatic carbocycles. The van der Waals surface area contributed by atoms with Gasteiger partial charge in [-0.2, -0.15) is 0 Å². The van der Waals surface area contributed by atoms with Gasteiger partial charge in [-0.05, 0) is 37.3 Å². The molecule has 0 N–H and O–H groups in total. The monoisotopic (exact) mass is 244 g/mol. The number of rotatable bonds is 8. The van der Waals surface area contributed by atoms with Crippen LogP contribution in [0.25, 0.3) is 0 Å². The second-order valence-corrected chi connectivity index (χ2v) is 4.90. The Morgan fingerprint density at radius 3 is 2.50 bits per heavy atom. The summed E-state index contributed by atoms with van der Waals surface area (Å²) in [5.41, 5.74) is 2.70. The van der Waals surface area contributed by atoms with Gasteiger partial charge in [-0.1, -0.05) is 62.1 Å². The molecule has 0 saturated heterocycles. The van der Waals surface area contributed by atoms with Gasteiger partial charge in [0.05, 0.1) is 0 Å². The number of allylic oxidation sites excluding steroid dienone is 2. The number of hydrogen-bond acceptors (Lipinski definition) is 1. The molecule has 1 aromatic carbocycles. The van der Waals surface area contributed by atoms with Crippen LogP contribution in [0.3, 0.4) is 0 Å². The third kappa shape index (κ3) is 5.31. The Balaban J connectivity index is 2.65. The topological polar surface area (TPSA) is 17.1 Å². The Bertz CT molecular complexity index is 362. The van der Waals surface area contributed by atoms with Gasteiger partial charge in [0.2, 0.25) is 0 Å². The molecule has 0 amide bonds. The minimum atomic E-state index is 0.549. The fourth-order valence-corrected chi connectivity index (χ4v) is 2.20. The molecule has 0 aromatic heterocycles. The molecule has 1 rings (SSSR count). The van der Waals surface area contributed by atoms with E-state index in [0.717, 1.165) is 12.7 Å². The van der Waals surface area contributed by atoms with E-state index in [1.54, 1.807) is 6.08 Å². The highest BCUT2D eigenvalue weighted by atomic mass is 16.1. The average molecular weight is 244 g/mol. The number of hydrogen-bond donors (Lipinski definition) is 0. The van der Waals surface area contributed by atoms with Crippen LogP contribution < -0.4 is 0 Å². The molecule has 1 atom stereocenters. The summed E-state index contributed by atoms with van der Waals surface area (Å²) in [6.07, 6.45) is 10.4. The number of aryl methyl sites for hydroxylation is 1.